The van der Waals surface area contributed by atoms with E-state index in [2.05, 4.69) is 60.7 Å². The number of carbonyl (C=O) groups is 1. The fraction of sp³-hybridized carbons (Fsp3) is 0.679. The first-order valence-corrected chi connectivity index (χ1v) is 12.9. The molecule has 0 spiro atoms. The highest BCUT2D eigenvalue weighted by Crippen LogP contribution is 2.48. The van der Waals surface area contributed by atoms with E-state index in [1.165, 1.54) is 43.2 Å². The summed E-state index contributed by atoms with van der Waals surface area (Å²) in [6, 6.07) is 6.78. The van der Waals surface area contributed by atoms with Crippen LogP contribution in [0.3, 0.4) is 0 Å². The van der Waals surface area contributed by atoms with E-state index in [0.29, 0.717) is 24.8 Å². The maximum absolute atomic E-state index is 13.1. The molecular formula is C28H42ClN3O2. The minimum atomic E-state index is -0.336. The van der Waals surface area contributed by atoms with Crippen LogP contribution in [0.15, 0.2) is 18.2 Å². The summed E-state index contributed by atoms with van der Waals surface area (Å²) in [6.07, 6.45) is 6.54. The van der Waals surface area contributed by atoms with Crippen molar-refractivity contribution in [2.45, 2.75) is 111 Å². The van der Waals surface area contributed by atoms with Crippen molar-refractivity contribution in [3.63, 3.8) is 0 Å². The van der Waals surface area contributed by atoms with Crippen molar-refractivity contribution in [1.29, 1.82) is 0 Å². The highest BCUT2D eigenvalue weighted by Gasteiger charge is 2.40. The van der Waals surface area contributed by atoms with E-state index in [4.69, 9.17) is 4.74 Å². The molecule has 1 aromatic heterocycles. The minimum Gasteiger partial charge on any atom is -0.367 e. The third-order valence-corrected chi connectivity index (χ3v) is 7.09. The topological polar surface area (TPSA) is 57.0 Å². The fourth-order valence-electron chi connectivity index (χ4n) is 5.39. The lowest BCUT2D eigenvalue weighted by Gasteiger charge is -2.36. The van der Waals surface area contributed by atoms with Crippen LogP contribution < -0.4 is 0 Å². The summed E-state index contributed by atoms with van der Waals surface area (Å²) in [5.74, 6) is 4.25. The fourth-order valence-corrected chi connectivity index (χ4v) is 5.39. The van der Waals surface area contributed by atoms with Crippen molar-refractivity contribution in [2.75, 3.05) is 0 Å². The Balaban J connectivity index is 0.00000324. The van der Waals surface area contributed by atoms with Crippen LogP contribution in [-0.2, 0) is 16.0 Å². The molecular weight excluding hydrogens is 446 g/mol. The van der Waals surface area contributed by atoms with E-state index in [0.717, 1.165) is 29.0 Å². The van der Waals surface area contributed by atoms with Crippen molar-refractivity contribution in [2.24, 2.45) is 11.8 Å². The van der Waals surface area contributed by atoms with Crippen LogP contribution in [0.25, 0.3) is 0 Å². The van der Waals surface area contributed by atoms with Gasteiger partial charge in [0, 0.05) is 24.8 Å². The number of ether oxygens (including phenoxy) is 1. The second kappa shape index (κ2) is 11.3. The molecule has 0 aliphatic heterocycles. The number of ketones is 1. The molecule has 0 unspecified atom stereocenters. The van der Waals surface area contributed by atoms with Crippen LogP contribution in [0.1, 0.15) is 113 Å². The summed E-state index contributed by atoms with van der Waals surface area (Å²) in [7, 11) is 0. The zero-order chi connectivity index (χ0) is 23.7. The molecule has 2 fully saturated rings. The lowest BCUT2D eigenvalue weighted by atomic mass is 9.71. The maximum Gasteiger partial charge on any atom is 0.162 e. The molecule has 1 atom stereocenters. The second-order valence-electron chi connectivity index (χ2n) is 11.2. The van der Waals surface area contributed by atoms with Gasteiger partial charge in [-0.1, -0.05) is 37.6 Å². The molecule has 2 saturated carbocycles. The molecule has 2 aromatic rings. The van der Waals surface area contributed by atoms with Gasteiger partial charge in [0.1, 0.15) is 17.7 Å². The number of nitrogens with zero attached hydrogens (tertiary/aromatic N) is 3. The van der Waals surface area contributed by atoms with Gasteiger partial charge in [-0.05, 0) is 82.8 Å². The first-order valence-electron chi connectivity index (χ1n) is 12.9. The predicted octanol–water partition coefficient (Wildman–Crippen LogP) is 6.86. The van der Waals surface area contributed by atoms with Crippen molar-refractivity contribution >= 4 is 18.2 Å². The predicted molar refractivity (Wildman–Crippen MR) is 139 cm³/mol. The maximum atomic E-state index is 13.1. The van der Waals surface area contributed by atoms with Crippen LogP contribution >= 0.6 is 12.4 Å². The quantitative estimate of drug-likeness (QED) is 0.347. The molecule has 6 heteroatoms. The molecule has 4 rings (SSSR count). The van der Waals surface area contributed by atoms with Crippen LogP contribution in [0.4, 0.5) is 0 Å². The van der Waals surface area contributed by atoms with E-state index in [1.54, 1.807) is 0 Å². The third kappa shape index (κ3) is 6.48. The van der Waals surface area contributed by atoms with E-state index < -0.39 is 0 Å². The molecule has 0 radical (unpaired) electrons. The third-order valence-electron chi connectivity index (χ3n) is 7.09. The van der Waals surface area contributed by atoms with E-state index >= 15 is 0 Å². The van der Waals surface area contributed by atoms with E-state index in [9.17, 15) is 4.79 Å². The number of Topliss-reactive ketones (excluding diaryl/α,β-unsaturated/α-hetero) is 1. The molecule has 0 saturated heterocycles. The molecule has 1 aromatic carbocycles. The molecule has 5 nitrogen and oxygen atoms in total. The van der Waals surface area contributed by atoms with Gasteiger partial charge in [-0.15, -0.1) is 22.6 Å². The highest BCUT2D eigenvalue weighted by molar-refractivity contribution is 5.85. The number of aromatic nitrogens is 3. The molecule has 2 aliphatic rings. The first kappa shape index (κ1) is 26.9. The summed E-state index contributed by atoms with van der Waals surface area (Å²) in [6.45, 7) is 12.8. The number of benzene rings is 1. The van der Waals surface area contributed by atoms with Gasteiger partial charge in [-0.3, -0.25) is 4.79 Å². The lowest BCUT2D eigenvalue weighted by molar-refractivity contribution is -0.122. The Labute approximate surface area is 211 Å². The largest absolute Gasteiger partial charge is 0.367 e. The van der Waals surface area contributed by atoms with Crippen molar-refractivity contribution in [3.8, 4) is 0 Å². The Morgan fingerprint density at radius 2 is 1.82 bits per heavy atom. The van der Waals surface area contributed by atoms with Gasteiger partial charge in [0.05, 0.1) is 6.10 Å². The van der Waals surface area contributed by atoms with Crippen LogP contribution in [0, 0.1) is 25.7 Å². The zero-order valence-electron chi connectivity index (χ0n) is 21.7. The Bertz CT molecular complexity index is 974. The van der Waals surface area contributed by atoms with Gasteiger partial charge in [-0.25, -0.2) is 0 Å². The normalized spacial score (nSPS) is 20.8. The summed E-state index contributed by atoms with van der Waals surface area (Å²) >= 11 is 0. The monoisotopic (exact) mass is 487 g/mol. The Kier molecular flexibility index (Phi) is 8.97. The summed E-state index contributed by atoms with van der Waals surface area (Å²) < 4.78 is 8.64. The van der Waals surface area contributed by atoms with Crippen molar-refractivity contribution < 1.29 is 9.53 Å². The number of hydrogen-bond donors (Lipinski definition) is 0. The van der Waals surface area contributed by atoms with Crippen LogP contribution in [-0.4, -0.2) is 26.7 Å². The van der Waals surface area contributed by atoms with Gasteiger partial charge in [0.2, 0.25) is 0 Å². The number of rotatable bonds is 11. The molecule has 188 valence electrons. The Hall–Kier alpha value is -1.72. The molecule has 0 amide bonds. The molecule has 34 heavy (non-hydrogen) atoms. The van der Waals surface area contributed by atoms with Gasteiger partial charge < -0.3 is 9.30 Å². The number of carbonyl (C=O) groups excluding carboxylic acids is 1. The van der Waals surface area contributed by atoms with Gasteiger partial charge in [0.25, 0.3) is 0 Å². The average molecular weight is 488 g/mol. The molecule has 1 heterocycles. The van der Waals surface area contributed by atoms with E-state index in [-0.39, 0.29) is 30.4 Å². The smallest absolute Gasteiger partial charge is 0.162 e. The van der Waals surface area contributed by atoms with Crippen molar-refractivity contribution in [1.82, 2.24) is 14.8 Å². The molecule has 0 N–H and O–H groups in total. The van der Waals surface area contributed by atoms with Gasteiger partial charge >= 0.3 is 0 Å². The molecule has 0 bridgehead atoms. The number of aryl methyl sites for hydroxylation is 2. The van der Waals surface area contributed by atoms with E-state index in [1.807, 2.05) is 13.8 Å². The van der Waals surface area contributed by atoms with Crippen LogP contribution in [0.2, 0.25) is 0 Å². The second-order valence-corrected chi connectivity index (χ2v) is 11.2. The highest BCUT2D eigenvalue weighted by atomic mass is 35.5. The standard InChI is InChI=1S/C28H41N3O2.ClH/c1-17(2)11-21-13-23(14-21)27-29-30-28(31(27)24-9-10-24)26(33-18(3)4)16-25(32)15-22-8-7-19(5)12-20(22)6;/h7-8,12,17-18,21,23-24,26H,9-11,13-16H2,1-6H3;1H/t21?,23?,26-;/m0./s1. The van der Waals surface area contributed by atoms with Crippen LogP contribution in [0.5, 0.6) is 0 Å². The van der Waals surface area contributed by atoms with Crippen molar-refractivity contribution in [3.05, 3.63) is 46.5 Å². The van der Waals surface area contributed by atoms with Gasteiger partial charge in [0.15, 0.2) is 5.82 Å². The summed E-state index contributed by atoms with van der Waals surface area (Å²) in [5.41, 5.74) is 3.50. The Morgan fingerprint density at radius 3 is 2.41 bits per heavy atom. The Morgan fingerprint density at radius 1 is 1.12 bits per heavy atom. The SMILES string of the molecule is Cc1ccc(CC(=O)C[C@H](OC(C)C)c2nnc(C3CC(CC(C)C)C3)n2C2CC2)c(C)c1.Cl. The summed E-state index contributed by atoms with van der Waals surface area (Å²) in [5, 5.41) is 9.32. The lowest BCUT2D eigenvalue weighted by Crippen LogP contribution is -2.27. The minimum absolute atomic E-state index is 0. The first-order chi connectivity index (χ1) is 15.7. The average Bonchev–Trinajstić information content (AvgIpc) is 3.44. The summed E-state index contributed by atoms with van der Waals surface area (Å²) in [4.78, 5) is 13.1. The van der Waals surface area contributed by atoms with Gasteiger partial charge in [-0.2, -0.15) is 0 Å². The number of halogens is 1. The number of hydrogen-bond acceptors (Lipinski definition) is 4. The zero-order valence-corrected chi connectivity index (χ0v) is 22.5. The molecule has 2 aliphatic carbocycles.